The van der Waals surface area contributed by atoms with Crippen LogP contribution in [0, 0.1) is 17.7 Å². The smallest absolute Gasteiger partial charge is 0.273 e. The van der Waals surface area contributed by atoms with E-state index in [0.717, 1.165) is 12.3 Å². The van der Waals surface area contributed by atoms with E-state index >= 15 is 0 Å². The second-order valence-corrected chi connectivity index (χ2v) is 8.01. The molecule has 11 heteroatoms. The number of benzene rings is 1. The number of carbonyl (C=O) groups is 2. The summed E-state index contributed by atoms with van der Waals surface area (Å²) in [6, 6.07) is 6.85. The minimum absolute atomic E-state index is 0.135. The normalized spacial score (nSPS) is 19.8. The van der Waals surface area contributed by atoms with Crippen molar-refractivity contribution in [3.05, 3.63) is 76.3 Å². The highest BCUT2D eigenvalue weighted by atomic mass is 35.5. The van der Waals surface area contributed by atoms with Gasteiger partial charge in [-0.25, -0.2) is 13.8 Å². The van der Waals surface area contributed by atoms with Crippen LogP contribution in [0.25, 0.3) is 5.69 Å². The molecule has 1 aliphatic carbocycles. The van der Waals surface area contributed by atoms with Gasteiger partial charge in [0, 0.05) is 24.7 Å². The first kappa shape index (κ1) is 22.5. The van der Waals surface area contributed by atoms with Gasteiger partial charge in [0.2, 0.25) is 11.8 Å². The first-order valence-electron chi connectivity index (χ1n) is 10.0. The molecule has 2 aromatic heterocycles. The van der Waals surface area contributed by atoms with Crippen molar-refractivity contribution in [2.75, 3.05) is 10.6 Å². The molecule has 0 aliphatic heterocycles. The van der Waals surface area contributed by atoms with Crippen LogP contribution >= 0.6 is 11.6 Å². The van der Waals surface area contributed by atoms with Crippen LogP contribution in [0.15, 0.2) is 59.9 Å². The molecule has 170 valence electrons. The van der Waals surface area contributed by atoms with Gasteiger partial charge in [-0.1, -0.05) is 11.6 Å². The van der Waals surface area contributed by atoms with Crippen LogP contribution in [0.1, 0.15) is 12.8 Å². The highest BCUT2D eigenvalue weighted by molar-refractivity contribution is 6.30. The largest absolute Gasteiger partial charge is 0.323 e. The maximum Gasteiger partial charge on any atom is 0.273 e. The van der Waals surface area contributed by atoms with Crippen molar-refractivity contribution in [3.8, 4) is 5.69 Å². The Morgan fingerprint density at radius 1 is 1.06 bits per heavy atom. The topological polar surface area (TPSA) is 106 Å². The number of hydrogen-bond acceptors (Lipinski definition) is 5. The molecule has 1 aliphatic rings. The molecule has 4 rings (SSSR count). The van der Waals surface area contributed by atoms with Crippen molar-refractivity contribution in [3.63, 3.8) is 0 Å². The summed E-state index contributed by atoms with van der Waals surface area (Å²) >= 11 is 5.77. The third-order valence-electron chi connectivity index (χ3n) is 5.37. The van der Waals surface area contributed by atoms with E-state index in [1.807, 2.05) is 0 Å². The monoisotopic (exact) mass is 473 g/mol. The van der Waals surface area contributed by atoms with Crippen LogP contribution in [-0.4, -0.2) is 32.5 Å². The Morgan fingerprint density at radius 3 is 2.42 bits per heavy atom. The van der Waals surface area contributed by atoms with Crippen molar-refractivity contribution in [1.82, 2.24) is 14.5 Å². The molecule has 33 heavy (non-hydrogen) atoms. The maximum absolute atomic E-state index is 14.6. The molecule has 0 radical (unpaired) electrons. The molecule has 0 unspecified atom stereocenters. The van der Waals surface area contributed by atoms with E-state index in [1.54, 1.807) is 0 Å². The average Bonchev–Trinajstić information content (AvgIpc) is 3.19. The van der Waals surface area contributed by atoms with E-state index in [0.29, 0.717) is 5.02 Å². The third-order valence-corrected chi connectivity index (χ3v) is 5.59. The number of amides is 2. The number of rotatable bonds is 5. The van der Waals surface area contributed by atoms with Gasteiger partial charge in [-0.2, -0.15) is 0 Å². The summed E-state index contributed by atoms with van der Waals surface area (Å²) in [7, 11) is 0. The van der Waals surface area contributed by atoms with Crippen molar-refractivity contribution >= 4 is 34.9 Å². The molecule has 3 aromatic rings. The fraction of sp³-hybridized carbons (Fsp3) is 0.227. The highest BCUT2D eigenvalue weighted by Gasteiger charge is 2.43. The number of pyridine rings is 1. The molecule has 0 saturated heterocycles. The molecule has 2 heterocycles. The number of anilines is 2. The van der Waals surface area contributed by atoms with Crippen molar-refractivity contribution < 1.29 is 18.4 Å². The van der Waals surface area contributed by atoms with Crippen molar-refractivity contribution in [2.24, 2.45) is 11.8 Å². The number of nitrogens with zero attached hydrogens (tertiary/aromatic N) is 3. The van der Waals surface area contributed by atoms with E-state index in [9.17, 15) is 23.2 Å². The zero-order chi connectivity index (χ0) is 23.5. The van der Waals surface area contributed by atoms with E-state index in [4.69, 9.17) is 11.6 Å². The third kappa shape index (κ3) is 5.06. The molecule has 3 atom stereocenters. The maximum atomic E-state index is 14.6. The number of nitrogens with one attached hydrogen (secondary N) is 2. The Balaban J connectivity index is 1.48. The van der Waals surface area contributed by atoms with Crippen LogP contribution in [0.3, 0.4) is 0 Å². The first-order chi connectivity index (χ1) is 15.8. The molecule has 0 bridgehead atoms. The summed E-state index contributed by atoms with van der Waals surface area (Å²) in [4.78, 5) is 45.0. The van der Waals surface area contributed by atoms with Crippen molar-refractivity contribution in [2.45, 2.75) is 19.0 Å². The van der Waals surface area contributed by atoms with Crippen LogP contribution in [0.5, 0.6) is 0 Å². The Bertz CT molecular complexity index is 1250. The SMILES string of the molecule is O=C(Nc1ccc(Cl)cn1)[C@H]1C[C@H](F)C[C@@H]1C(=O)Nc1ccc(-n2ccncc2=O)cc1F. The summed E-state index contributed by atoms with van der Waals surface area (Å²) in [6.07, 6.45) is 3.56. The highest BCUT2D eigenvalue weighted by Crippen LogP contribution is 2.36. The Kier molecular flexibility index (Phi) is 6.45. The summed E-state index contributed by atoms with van der Waals surface area (Å²) in [6.45, 7) is 0. The lowest BCUT2D eigenvalue weighted by Gasteiger charge is -2.18. The minimum Gasteiger partial charge on any atom is -0.323 e. The number of alkyl halides is 1. The number of hydrogen-bond donors (Lipinski definition) is 2. The molecule has 2 N–H and O–H groups in total. The summed E-state index contributed by atoms with van der Waals surface area (Å²) < 4.78 is 30.0. The van der Waals surface area contributed by atoms with E-state index in [2.05, 4.69) is 20.6 Å². The minimum atomic E-state index is -1.35. The molecular weight excluding hydrogens is 456 g/mol. The number of carbonyl (C=O) groups excluding carboxylic acids is 2. The van der Waals surface area contributed by atoms with Crippen LogP contribution < -0.4 is 16.2 Å². The quantitative estimate of drug-likeness (QED) is 0.591. The van der Waals surface area contributed by atoms with Gasteiger partial charge in [-0.15, -0.1) is 0 Å². The van der Waals surface area contributed by atoms with Crippen molar-refractivity contribution in [1.29, 1.82) is 0 Å². The van der Waals surface area contributed by atoms with E-state index in [-0.39, 0.29) is 30.0 Å². The fourth-order valence-corrected chi connectivity index (χ4v) is 3.88. The molecule has 8 nitrogen and oxygen atoms in total. The van der Waals surface area contributed by atoms with E-state index in [1.165, 1.54) is 47.4 Å². The van der Waals surface area contributed by atoms with Gasteiger partial charge in [0.05, 0.1) is 34.4 Å². The number of halogens is 3. The average molecular weight is 474 g/mol. The summed E-state index contributed by atoms with van der Waals surface area (Å²) in [5.74, 6) is -3.74. The molecule has 2 amide bonds. The van der Waals surface area contributed by atoms with Gasteiger partial charge in [0.1, 0.15) is 17.8 Å². The van der Waals surface area contributed by atoms with Gasteiger partial charge < -0.3 is 10.6 Å². The Hall–Kier alpha value is -3.66. The molecular formula is C22H18ClF2N5O3. The van der Waals surface area contributed by atoms with Crippen LogP contribution in [0.2, 0.25) is 5.02 Å². The summed E-state index contributed by atoms with van der Waals surface area (Å²) in [5, 5.41) is 5.37. The lowest BCUT2D eigenvalue weighted by molar-refractivity contribution is -0.128. The molecule has 1 aromatic carbocycles. The lowest BCUT2D eigenvalue weighted by Crippen LogP contribution is -2.33. The lowest BCUT2D eigenvalue weighted by atomic mass is 9.94. The standard InChI is InChI=1S/C22H18ClF2N5O3/c23-12-1-4-19(27-10-12)29-22(33)16-8-13(24)7-15(16)21(32)28-18-3-2-14(9-17(18)25)30-6-5-26-11-20(30)31/h1-6,9-11,13,15-16H,7-8H2,(H,28,32)(H,27,29,33)/t13-,15+,16+/m1/s1. The zero-order valence-corrected chi connectivity index (χ0v) is 17.8. The fourth-order valence-electron chi connectivity index (χ4n) is 3.77. The first-order valence-corrected chi connectivity index (χ1v) is 10.4. The zero-order valence-electron chi connectivity index (χ0n) is 17.0. The number of aromatic nitrogens is 3. The van der Waals surface area contributed by atoms with Crippen LogP contribution in [0.4, 0.5) is 20.3 Å². The van der Waals surface area contributed by atoms with Gasteiger partial charge in [-0.05, 0) is 37.1 Å². The van der Waals surface area contributed by atoms with E-state index < -0.39 is 41.2 Å². The van der Waals surface area contributed by atoms with Gasteiger partial charge >= 0.3 is 0 Å². The predicted molar refractivity (Wildman–Crippen MR) is 117 cm³/mol. The second kappa shape index (κ2) is 9.45. The Morgan fingerprint density at radius 2 is 1.79 bits per heavy atom. The molecule has 0 spiro atoms. The molecule has 1 saturated carbocycles. The van der Waals surface area contributed by atoms with Gasteiger partial charge in [0.15, 0.2) is 0 Å². The van der Waals surface area contributed by atoms with Gasteiger partial charge in [0.25, 0.3) is 5.56 Å². The second-order valence-electron chi connectivity index (χ2n) is 7.57. The molecule has 1 fully saturated rings. The van der Waals surface area contributed by atoms with Crippen LogP contribution in [-0.2, 0) is 9.59 Å². The summed E-state index contributed by atoms with van der Waals surface area (Å²) in [5.41, 5.74) is -0.348. The Labute approximate surface area is 191 Å². The van der Waals surface area contributed by atoms with Gasteiger partial charge in [-0.3, -0.25) is 23.9 Å². The predicted octanol–water partition coefficient (Wildman–Crippen LogP) is 3.36.